The Hall–Kier alpha value is -3.76. The molecule has 1 aromatic carbocycles. The van der Waals surface area contributed by atoms with Gasteiger partial charge in [-0.3, -0.25) is 15.0 Å². The summed E-state index contributed by atoms with van der Waals surface area (Å²) >= 11 is 0. The molecule has 0 fully saturated rings. The number of alkyl halides is 3. The number of H-pyrrole nitrogens is 1. The molecule has 2 heterocycles. The lowest BCUT2D eigenvalue weighted by Gasteiger charge is -2.15. The Morgan fingerprint density at radius 3 is 2.62 bits per heavy atom. The monoisotopic (exact) mass is 446 g/mol. The summed E-state index contributed by atoms with van der Waals surface area (Å²) in [6.45, 7) is 4.76. The van der Waals surface area contributed by atoms with Gasteiger partial charge in [0.15, 0.2) is 0 Å². The van der Waals surface area contributed by atoms with Crippen LogP contribution in [0.15, 0.2) is 35.3 Å². The SMILES string of the molecule is Cc1c[nH]c(/C=C\C(=N)NC(=O)Cn2nc(C(C)C)c3cc(C(F)(F)F)ccc3c2=O)n1. The van der Waals surface area contributed by atoms with E-state index in [2.05, 4.69) is 20.4 Å². The van der Waals surface area contributed by atoms with Crippen LogP contribution in [0.25, 0.3) is 16.8 Å². The summed E-state index contributed by atoms with van der Waals surface area (Å²) in [6.07, 6.45) is -0.0425. The predicted molar refractivity (Wildman–Crippen MR) is 113 cm³/mol. The average molecular weight is 446 g/mol. The van der Waals surface area contributed by atoms with E-state index in [4.69, 9.17) is 5.41 Å². The molecule has 0 saturated carbocycles. The summed E-state index contributed by atoms with van der Waals surface area (Å²) in [5, 5.41) is 14.4. The van der Waals surface area contributed by atoms with Gasteiger partial charge in [0, 0.05) is 11.6 Å². The molecule has 1 amide bonds. The number of carbonyl (C=O) groups is 1. The Morgan fingerprint density at radius 1 is 1.31 bits per heavy atom. The highest BCUT2D eigenvalue weighted by molar-refractivity contribution is 6.04. The van der Waals surface area contributed by atoms with Crippen LogP contribution in [0.4, 0.5) is 13.2 Å². The molecule has 0 radical (unpaired) electrons. The minimum atomic E-state index is -4.56. The third kappa shape index (κ3) is 5.10. The topological polar surface area (TPSA) is 117 Å². The number of aromatic nitrogens is 4. The fourth-order valence-corrected chi connectivity index (χ4v) is 3.07. The van der Waals surface area contributed by atoms with Gasteiger partial charge in [0.05, 0.1) is 22.3 Å². The average Bonchev–Trinajstić information content (AvgIpc) is 3.12. The number of nitrogens with zero attached hydrogens (tertiary/aromatic N) is 3. The number of amides is 1. The number of halogens is 3. The lowest BCUT2D eigenvalue weighted by molar-refractivity contribution is -0.137. The first-order valence-electron chi connectivity index (χ1n) is 9.66. The van der Waals surface area contributed by atoms with Gasteiger partial charge in [0.2, 0.25) is 5.91 Å². The van der Waals surface area contributed by atoms with Gasteiger partial charge in [0.1, 0.15) is 18.2 Å². The minimum absolute atomic E-state index is 0.0349. The van der Waals surface area contributed by atoms with Crippen LogP contribution in [-0.4, -0.2) is 31.5 Å². The Bertz CT molecular complexity index is 1270. The lowest BCUT2D eigenvalue weighted by atomic mass is 10.0. The summed E-state index contributed by atoms with van der Waals surface area (Å²) in [7, 11) is 0. The highest BCUT2D eigenvalue weighted by Gasteiger charge is 2.31. The van der Waals surface area contributed by atoms with Crippen molar-refractivity contribution in [2.75, 3.05) is 0 Å². The number of rotatable bonds is 5. The van der Waals surface area contributed by atoms with Crippen LogP contribution in [0.3, 0.4) is 0 Å². The van der Waals surface area contributed by atoms with E-state index in [9.17, 15) is 22.8 Å². The Labute approximate surface area is 180 Å². The third-order valence-electron chi connectivity index (χ3n) is 4.56. The van der Waals surface area contributed by atoms with Gasteiger partial charge in [-0.15, -0.1) is 0 Å². The first-order chi connectivity index (χ1) is 15.0. The van der Waals surface area contributed by atoms with Gasteiger partial charge < -0.3 is 10.3 Å². The van der Waals surface area contributed by atoms with E-state index in [-0.39, 0.29) is 28.2 Å². The molecule has 3 N–H and O–H groups in total. The summed E-state index contributed by atoms with van der Waals surface area (Å²) in [5.41, 5.74) is -0.538. The number of hydrogen-bond acceptors (Lipinski definition) is 5. The van der Waals surface area contributed by atoms with Gasteiger partial charge in [0.25, 0.3) is 5.56 Å². The molecule has 3 aromatic rings. The van der Waals surface area contributed by atoms with E-state index < -0.39 is 29.8 Å². The molecule has 0 aliphatic heterocycles. The molecule has 8 nitrogen and oxygen atoms in total. The number of nitrogens with one attached hydrogen (secondary N) is 3. The quantitative estimate of drug-likeness (QED) is 0.411. The first-order valence-corrected chi connectivity index (χ1v) is 9.66. The number of benzene rings is 1. The van der Waals surface area contributed by atoms with E-state index >= 15 is 0 Å². The Balaban J connectivity index is 1.86. The number of hydrogen-bond donors (Lipinski definition) is 3. The van der Waals surface area contributed by atoms with Gasteiger partial charge in [-0.1, -0.05) is 13.8 Å². The predicted octanol–water partition coefficient (Wildman–Crippen LogP) is 3.38. The summed E-state index contributed by atoms with van der Waals surface area (Å²) in [5.74, 6) is -0.690. The number of carbonyl (C=O) groups excluding carboxylic acids is 1. The Kier molecular flexibility index (Phi) is 6.28. The van der Waals surface area contributed by atoms with Crippen molar-refractivity contribution in [3.8, 4) is 0 Å². The van der Waals surface area contributed by atoms with Crippen molar-refractivity contribution in [1.82, 2.24) is 25.1 Å². The van der Waals surface area contributed by atoms with Crippen molar-refractivity contribution < 1.29 is 18.0 Å². The molecule has 11 heteroatoms. The highest BCUT2D eigenvalue weighted by Crippen LogP contribution is 2.32. The molecule has 0 spiro atoms. The highest BCUT2D eigenvalue weighted by atomic mass is 19.4. The molecule has 2 aromatic heterocycles. The zero-order chi connectivity index (χ0) is 23.6. The molecular weight excluding hydrogens is 425 g/mol. The molecule has 0 saturated heterocycles. The molecule has 3 rings (SSSR count). The summed E-state index contributed by atoms with van der Waals surface area (Å²) < 4.78 is 40.2. The van der Waals surface area contributed by atoms with Crippen molar-refractivity contribution in [3.63, 3.8) is 0 Å². The molecule has 0 bridgehead atoms. The maximum absolute atomic E-state index is 13.1. The smallest absolute Gasteiger partial charge is 0.345 e. The second-order valence-corrected chi connectivity index (χ2v) is 7.48. The standard InChI is InChI=1S/C21H21F3N6O2/c1-11(2)19-15-8-13(21(22,23)24)4-5-14(15)20(32)30(29-19)10-18(31)28-16(25)6-7-17-26-9-12(3)27-17/h4-9,11H,10H2,1-3H3,(H,26,27)(H2,25,28,31)/b7-6-. The second kappa shape index (κ2) is 8.77. The van der Waals surface area contributed by atoms with Crippen molar-refractivity contribution in [1.29, 1.82) is 5.41 Å². The fraction of sp³-hybridized carbons (Fsp3) is 0.286. The molecule has 32 heavy (non-hydrogen) atoms. The zero-order valence-electron chi connectivity index (χ0n) is 17.5. The van der Waals surface area contributed by atoms with Crippen LogP contribution < -0.4 is 10.9 Å². The maximum atomic E-state index is 13.1. The molecule has 0 aliphatic rings. The first kappa shape index (κ1) is 22.9. The third-order valence-corrected chi connectivity index (χ3v) is 4.56. The van der Waals surface area contributed by atoms with Crippen LogP contribution in [-0.2, 0) is 17.5 Å². The van der Waals surface area contributed by atoms with Gasteiger partial charge >= 0.3 is 6.18 Å². The second-order valence-electron chi connectivity index (χ2n) is 7.48. The van der Waals surface area contributed by atoms with Crippen LogP contribution in [0.2, 0.25) is 0 Å². The van der Waals surface area contributed by atoms with Gasteiger partial charge in [-0.05, 0) is 43.2 Å². The van der Waals surface area contributed by atoms with Crippen molar-refractivity contribution in [2.24, 2.45) is 0 Å². The number of aromatic amines is 1. The number of imidazole rings is 1. The molecule has 168 valence electrons. The molecule has 0 atom stereocenters. The van der Waals surface area contributed by atoms with E-state index in [1.807, 2.05) is 0 Å². The van der Waals surface area contributed by atoms with E-state index in [1.54, 1.807) is 27.0 Å². The Morgan fingerprint density at radius 2 is 2.03 bits per heavy atom. The van der Waals surface area contributed by atoms with Gasteiger partial charge in [-0.2, -0.15) is 18.3 Å². The lowest BCUT2D eigenvalue weighted by Crippen LogP contribution is -2.36. The maximum Gasteiger partial charge on any atom is 0.416 e. The van der Waals surface area contributed by atoms with Crippen LogP contribution in [0.1, 0.15) is 42.5 Å². The van der Waals surface area contributed by atoms with E-state index in [0.29, 0.717) is 5.82 Å². The van der Waals surface area contributed by atoms with E-state index in [0.717, 1.165) is 28.6 Å². The van der Waals surface area contributed by atoms with E-state index in [1.165, 1.54) is 12.2 Å². The van der Waals surface area contributed by atoms with Crippen molar-refractivity contribution in [2.45, 2.75) is 39.4 Å². The molecular formula is C21H21F3N6O2. The normalized spacial score (nSPS) is 12.1. The minimum Gasteiger partial charge on any atom is -0.345 e. The number of aryl methyl sites for hydroxylation is 1. The van der Waals surface area contributed by atoms with Crippen LogP contribution in [0, 0.1) is 12.3 Å². The number of fused-ring (bicyclic) bond motifs is 1. The molecule has 0 unspecified atom stereocenters. The fourth-order valence-electron chi connectivity index (χ4n) is 3.07. The number of amidine groups is 1. The zero-order valence-corrected chi connectivity index (χ0v) is 17.5. The van der Waals surface area contributed by atoms with Crippen molar-refractivity contribution >= 4 is 28.6 Å². The summed E-state index contributed by atoms with van der Waals surface area (Å²) in [6, 6.07) is 2.83. The van der Waals surface area contributed by atoms with Gasteiger partial charge in [-0.25, -0.2) is 9.67 Å². The summed E-state index contributed by atoms with van der Waals surface area (Å²) in [4.78, 5) is 32.1. The van der Waals surface area contributed by atoms with Crippen LogP contribution in [0.5, 0.6) is 0 Å². The van der Waals surface area contributed by atoms with Crippen molar-refractivity contribution in [3.05, 3.63) is 63.6 Å². The largest absolute Gasteiger partial charge is 0.416 e. The van der Waals surface area contributed by atoms with Crippen LogP contribution >= 0.6 is 0 Å². The molecule has 0 aliphatic carbocycles.